The van der Waals surface area contributed by atoms with Crippen molar-refractivity contribution in [1.29, 1.82) is 0 Å². The van der Waals surface area contributed by atoms with Crippen LogP contribution in [0.2, 0.25) is 0 Å². The molecule has 0 N–H and O–H groups in total. The third kappa shape index (κ3) is 5.46. The number of rotatable bonds is 7. The maximum absolute atomic E-state index is 14.8. The van der Waals surface area contributed by atoms with Crippen LogP contribution in [0.15, 0.2) is 52.4 Å². The lowest BCUT2D eigenvalue weighted by Crippen LogP contribution is -2.59. The van der Waals surface area contributed by atoms with Gasteiger partial charge in [0, 0.05) is 36.4 Å². The van der Waals surface area contributed by atoms with E-state index >= 15 is 0 Å². The molecule has 2 aromatic heterocycles. The number of aromatic nitrogens is 3. The van der Waals surface area contributed by atoms with Gasteiger partial charge in [-0.2, -0.15) is 9.40 Å². The molecule has 1 aliphatic carbocycles. The van der Waals surface area contributed by atoms with Crippen LogP contribution in [0, 0.1) is 30.2 Å². The highest BCUT2D eigenvalue weighted by molar-refractivity contribution is 7.89. The number of halogens is 4. The van der Waals surface area contributed by atoms with E-state index in [2.05, 4.69) is 10.1 Å². The van der Waals surface area contributed by atoms with E-state index in [1.54, 1.807) is 18.3 Å². The monoisotopic (exact) mass is 657 g/mol. The summed E-state index contributed by atoms with van der Waals surface area (Å²) in [5, 5.41) is 4.80. The van der Waals surface area contributed by atoms with Crippen molar-refractivity contribution in [3.05, 3.63) is 93.2 Å². The van der Waals surface area contributed by atoms with Gasteiger partial charge in [-0.15, -0.1) is 0 Å². The van der Waals surface area contributed by atoms with Gasteiger partial charge in [-0.25, -0.2) is 30.7 Å². The molecular weight excluding hydrogens is 626 g/mol. The Morgan fingerprint density at radius 2 is 1.65 bits per heavy atom. The van der Waals surface area contributed by atoms with E-state index in [0.29, 0.717) is 32.4 Å². The van der Waals surface area contributed by atoms with E-state index < -0.39 is 55.7 Å². The molecule has 1 atom stereocenters. The second-order valence-corrected chi connectivity index (χ2v) is 13.6. The molecule has 0 unspecified atom stereocenters. The number of fused-ring (bicyclic) bond motifs is 1. The summed E-state index contributed by atoms with van der Waals surface area (Å²) in [6.07, 6.45) is 8.83. The molecule has 14 heteroatoms. The number of hydrogen-bond acceptors (Lipinski definition) is 6. The van der Waals surface area contributed by atoms with Crippen molar-refractivity contribution >= 4 is 32.4 Å². The summed E-state index contributed by atoms with van der Waals surface area (Å²) >= 11 is 0. The van der Waals surface area contributed by atoms with Gasteiger partial charge in [-0.05, 0) is 61.9 Å². The van der Waals surface area contributed by atoms with Crippen molar-refractivity contribution in [3.8, 4) is 0 Å². The first-order valence-corrected chi connectivity index (χ1v) is 16.4. The largest absolute Gasteiger partial charge is 0.305 e. The fourth-order valence-corrected chi connectivity index (χ4v) is 7.95. The van der Waals surface area contributed by atoms with Crippen LogP contribution >= 0.6 is 0 Å². The zero-order chi connectivity index (χ0) is 32.9. The predicted octanol–water partition coefficient (Wildman–Crippen LogP) is 5.24. The first kappa shape index (κ1) is 31.8. The molecule has 2 aliphatic rings. The summed E-state index contributed by atoms with van der Waals surface area (Å²) in [6.45, 7) is 0.370. The molecule has 4 aromatic rings. The Labute approximate surface area is 262 Å². The molecular formula is C32H31F4N5O4S. The van der Waals surface area contributed by atoms with Gasteiger partial charge in [0.1, 0.15) is 6.04 Å². The topological polar surface area (TPSA) is 105 Å². The number of aryl methyl sites for hydroxylation is 1. The van der Waals surface area contributed by atoms with E-state index in [4.69, 9.17) is 0 Å². The zero-order valence-electron chi connectivity index (χ0n) is 25.1. The molecule has 6 rings (SSSR count). The Morgan fingerprint density at radius 1 is 0.957 bits per heavy atom. The highest BCUT2D eigenvalue weighted by Gasteiger charge is 2.47. The first-order chi connectivity index (χ1) is 21.9. The predicted molar refractivity (Wildman–Crippen MR) is 162 cm³/mol. The van der Waals surface area contributed by atoms with Gasteiger partial charge >= 0.3 is 0 Å². The minimum atomic E-state index is -5.19. The third-order valence-corrected chi connectivity index (χ3v) is 10.9. The van der Waals surface area contributed by atoms with Gasteiger partial charge in [-0.1, -0.05) is 25.3 Å². The molecule has 3 heterocycles. The van der Waals surface area contributed by atoms with Crippen molar-refractivity contribution in [1.82, 2.24) is 19.1 Å². The minimum Gasteiger partial charge on any atom is -0.305 e. The van der Waals surface area contributed by atoms with Gasteiger partial charge in [0.25, 0.3) is 5.56 Å². The molecule has 1 aliphatic heterocycles. The van der Waals surface area contributed by atoms with Gasteiger partial charge < -0.3 is 4.90 Å². The van der Waals surface area contributed by atoms with Crippen molar-refractivity contribution in [3.63, 3.8) is 0 Å². The van der Waals surface area contributed by atoms with Crippen LogP contribution in [0.1, 0.15) is 61.3 Å². The Balaban J connectivity index is 1.36. The standard InChI is InChI=1S/C32H31F4N5O4S/c1-18-26(33)28(35)30(29(36)27(18)34)46(44,45)41-13-12-25(41)32(43)40(23-10-11-24-21(14-23)16-38-39(2)31(24)42)17-22-9-8-20(15-37-22)19-6-4-3-5-7-19/h8-11,14-16,19,25H,3-7,12-13,17H2,1-2H3/t25-/m1/s1. The van der Waals surface area contributed by atoms with Gasteiger partial charge in [0.2, 0.25) is 15.9 Å². The molecule has 0 bridgehead atoms. The van der Waals surface area contributed by atoms with Gasteiger partial charge in [0.15, 0.2) is 28.2 Å². The SMILES string of the molecule is Cc1c(F)c(F)c(S(=O)(=O)N2CC[C@@H]2C(=O)N(Cc2ccc(C3CCCCC3)cn2)c2ccc3c(=O)n(C)ncc3c2)c(F)c1F. The Kier molecular flexibility index (Phi) is 8.44. The second-order valence-electron chi connectivity index (χ2n) is 11.8. The van der Waals surface area contributed by atoms with Crippen molar-refractivity contribution in [2.24, 2.45) is 7.05 Å². The highest BCUT2D eigenvalue weighted by Crippen LogP contribution is 2.36. The molecule has 1 saturated carbocycles. The fraction of sp³-hybridized carbons (Fsp3) is 0.375. The summed E-state index contributed by atoms with van der Waals surface area (Å²) in [7, 11) is -3.69. The average Bonchev–Trinajstić information content (AvgIpc) is 3.03. The first-order valence-electron chi connectivity index (χ1n) is 15.0. The quantitative estimate of drug-likeness (QED) is 0.199. The molecule has 0 spiro atoms. The van der Waals surface area contributed by atoms with Crippen LogP contribution in [0.4, 0.5) is 23.2 Å². The highest BCUT2D eigenvalue weighted by atomic mass is 32.2. The normalized spacial score (nSPS) is 17.7. The maximum atomic E-state index is 14.8. The van der Waals surface area contributed by atoms with Crippen LogP contribution < -0.4 is 10.5 Å². The summed E-state index contributed by atoms with van der Waals surface area (Å²) in [4.78, 5) is 30.8. The summed E-state index contributed by atoms with van der Waals surface area (Å²) < 4.78 is 86.9. The maximum Gasteiger partial charge on any atom is 0.274 e. The van der Waals surface area contributed by atoms with E-state index in [1.807, 2.05) is 6.07 Å². The van der Waals surface area contributed by atoms with E-state index in [9.17, 15) is 35.6 Å². The number of amides is 1. The molecule has 1 saturated heterocycles. The van der Waals surface area contributed by atoms with Crippen LogP contribution in [0.25, 0.3) is 10.8 Å². The number of carbonyl (C=O) groups is 1. The number of nitrogens with zero attached hydrogens (tertiary/aromatic N) is 5. The van der Waals surface area contributed by atoms with Crippen LogP contribution in [-0.4, -0.2) is 46.0 Å². The molecule has 0 radical (unpaired) electrons. The minimum absolute atomic E-state index is 0.0155. The van der Waals surface area contributed by atoms with E-state index in [1.165, 1.54) is 36.7 Å². The number of hydrogen-bond donors (Lipinski definition) is 0. The lowest BCUT2D eigenvalue weighted by molar-refractivity contribution is -0.125. The molecule has 2 aromatic carbocycles. The summed E-state index contributed by atoms with van der Waals surface area (Å²) in [5.74, 6) is -8.13. The summed E-state index contributed by atoms with van der Waals surface area (Å²) in [5.41, 5.74) is 0.508. The van der Waals surface area contributed by atoms with Gasteiger partial charge in [0.05, 0.1) is 23.8 Å². The Morgan fingerprint density at radius 3 is 2.26 bits per heavy atom. The third-order valence-electron chi connectivity index (χ3n) is 9.02. The lowest BCUT2D eigenvalue weighted by atomic mass is 9.85. The average molecular weight is 658 g/mol. The second kappa shape index (κ2) is 12.2. The number of pyridine rings is 1. The molecule has 1 amide bonds. The van der Waals surface area contributed by atoms with Crippen molar-refractivity contribution in [2.45, 2.75) is 68.8 Å². The number of anilines is 1. The number of benzene rings is 2. The Bertz CT molecular complexity index is 1990. The van der Waals surface area contributed by atoms with Crippen LogP contribution in [0.3, 0.4) is 0 Å². The fourth-order valence-electron chi connectivity index (χ4n) is 6.20. The van der Waals surface area contributed by atoms with Crippen LogP contribution in [-0.2, 0) is 28.4 Å². The lowest BCUT2D eigenvalue weighted by Gasteiger charge is -2.41. The molecule has 242 valence electrons. The van der Waals surface area contributed by atoms with Crippen molar-refractivity contribution < 1.29 is 30.8 Å². The summed E-state index contributed by atoms with van der Waals surface area (Å²) in [6, 6.07) is 6.92. The molecule has 46 heavy (non-hydrogen) atoms. The van der Waals surface area contributed by atoms with E-state index in [-0.39, 0.29) is 25.1 Å². The van der Waals surface area contributed by atoms with Crippen LogP contribution in [0.5, 0.6) is 0 Å². The molecule has 9 nitrogen and oxygen atoms in total. The number of sulfonamides is 1. The zero-order valence-corrected chi connectivity index (χ0v) is 26.0. The number of carbonyl (C=O) groups excluding carboxylic acids is 1. The van der Waals surface area contributed by atoms with E-state index in [0.717, 1.165) is 42.9 Å². The molecule has 2 fully saturated rings. The van der Waals surface area contributed by atoms with Crippen molar-refractivity contribution in [2.75, 3.05) is 11.4 Å². The van der Waals surface area contributed by atoms with Gasteiger partial charge in [-0.3, -0.25) is 14.6 Å². The smallest absolute Gasteiger partial charge is 0.274 e. The Hall–Kier alpha value is -4.17.